The van der Waals surface area contributed by atoms with Crippen LogP contribution in [0.1, 0.15) is 5.56 Å². The molecule has 80 heavy (non-hydrogen) atoms. The zero-order valence-corrected chi connectivity index (χ0v) is 42.0. The SMILES string of the molecule is COc1cc(C=CC(=O)OC2C(OC3C(Oc4c(-c5ccc(O)cc5)oc5cc(OC6OC(CO)C(OC7OC(CO)C(O)C(O)C7O)C(O)C6O)cc(O)c5c4=O)OC(CO)C(O)C3O)OC(CO)C(O)C2O)cc(OC)c1O. The highest BCUT2D eigenvalue weighted by atomic mass is 16.8. The molecule has 8 rings (SSSR count). The molecule has 30 heteroatoms. The molecule has 3 aromatic carbocycles. The van der Waals surface area contributed by atoms with E-state index in [1.54, 1.807) is 0 Å². The van der Waals surface area contributed by atoms with Crippen LogP contribution in [0.2, 0.25) is 0 Å². The fourth-order valence-corrected chi connectivity index (χ4v) is 9.23. The molecule has 0 saturated carbocycles. The predicted octanol–water partition coefficient (Wildman–Crippen LogP) is -5.14. The Morgan fingerprint density at radius 3 is 1.66 bits per heavy atom. The van der Waals surface area contributed by atoms with Gasteiger partial charge in [0.15, 0.2) is 42.0 Å². The van der Waals surface area contributed by atoms with Crippen molar-refractivity contribution in [1.82, 2.24) is 0 Å². The first-order valence-electron chi connectivity index (χ1n) is 24.5. The van der Waals surface area contributed by atoms with Crippen molar-refractivity contribution < 1.29 is 143 Å². The minimum absolute atomic E-state index is 0.0247. The van der Waals surface area contributed by atoms with Crippen molar-refractivity contribution in [3.05, 3.63) is 70.4 Å². The van der Waals surface area contributed by atoms with Gasteiger partial charge in [0.25, 0.3) is 0 Å². The average Bonchev–Trinajstić information content (AvgIpc) is 3.61. The quantitative estimate of drug-likeness (QED) is 0.0327. The monoisotopic (exact) mass is 1140 g/mol. The third-order valence-electron chi connectivity index (χ3n) is 13.6. The summed E-state index contributed by atoms with van der Waals surface area (Å²) in [5, 5.41) is 170. The maximum absolute atomic E-state index is 14.7. The lowest BCUT2D eigenvalue weighted by Crippen LogP contribution is -2.65. The molecule has 4 aliphatic rings. The van der Waals surface area contributed by atoms with E-state index >= 15 is 0 Å². The molecule has 440 valence electrons. The van der Waals surface area contributed by atoms with Crippen molar-refractivity contribution in [1.29, 1.82) is 0 Å². The number of aliphatic hydroxyl groups excluding tert-OH is 13. The van der Waals surface area contributed by atoms with E-state index in [1.165, 1.54) is 56.7 Å². The number of hydrogen-bond acceptors (Lipinski definition) is 30. The van der Waals surface area contributed by atoms with Gasteiger partial charge < -0.3 is 138 Å². The number of hydrogen-bond donors (Lipinski definition) is 16. The number of methoxy groups -OCH3 is 2. The standard InChI is InChI=1S/C50H60O30/c1-69-23-9-17(10-24(70-2)31(23)58)3-8-29(57)77-45-37(64)33(60)26(14-52)74-49(45)80-46-38(65)34(61)27(15-53)75-50(46)79-44-35(62)30-21(56)11-20(12-22(30)72-42(44)18-4-6-19(55)7-5-18)71-47-41(68)39(66)43(28(16-54)76-47)78-48-40(67)36(63)32(59)25(13-51)73-48/h3-12,25-28,32-34,36-41,43,45-56,58-61,63-68H,13-16H2,1-2H3. The Labute approximate surface area is 450 Å². The van der Waals surface area contributed by atoms with E-state index in [0.717, 1.165) is 18.2 Å². The number of phenols is 3. The molecule has 0 amide bonds. The van der Waals surface area contributed by atoms with Crippen molar-refractivity contribution in [2.24, 2.45) is 0 Å². The maximum atomic E-state index is 14.7. The molecule has 20 atom stereocenters. The summed E-state index contributed by atoms with van der Waals surface area (Å²) in [6, 6.07) is 9.40. The molecule has 16 N–H and O–H groups in total. The van der Waals surface area contributed by atoms with Crippen LogP contribution < -0.4 is 24.4 Å². The largest absolute Gasteiger partial charge is 0.508 e. The molecular weight excluding hydrogens is 1080 g/mol. The van der Waals surface area contributed by atoms with Crippen LogP contribution in [-0.4, -0.2) is 251 Å². The number of aliphatic hydroxyl groups is 13. The number of rotatable bonds is 18. The molecular formula is C50H60O30. The summed E-state index contributed by atoms with van der Waals surface area (Å²) >= 11 is 0. The molecule has 4 aromatic rings. The molecule has 0 radical (unpaired) electrons. The van der Waals surface area contributed by atoms with Gasteiger partial charge in [-0.25, -0.2) is 4.79 Å². The Morgan fingerprint density at radius 1 is 0.562 bits per heavy atom. The van der Waals surface area contributed by atoms with Crippen molar-refractivity contribution in [3.63, 3.8) is 0 Å². The second kappa shape index (κ2) is 25.4. The Bertz CT molecular complexity index is 2820. The topological polar surface area (TPSA) is 472 Å². The minimum Gasteiger partial charge on any atom is -0.508 e. The minimum atomic E-state index is -2.17. The molecule has 0 aliphatic carbocycles. The maximum Gasteiger partial charge on any atom is 0.331 e. The van der Waals surface area contributed by atoms with Gasteiger partial charge >= 0.3 is 5.97 Å². The number of phenolic OH excluding ortho intramolecular Hbond substituents is 3. The first-order chi connectivity index (χ1) is 38.2. The summed E-state index contributed by atoms with van der Waals surface area (Å²) in [5.74, 6) is -4.51. The van der Waals surface area contributed by atoms with Gasteiger partial charge in [-0.15, -0.1) is 0 Å². The number of benzene rings is 3. The summed E-state index contributed by atoms with van der Waals surface area (Å²) in [6.07, 6.45) is -35.9. The van der Waals surface area contributed by atoms with Gasteiger partial charge in [0.2, 0.25) is 29.5 Å². The molecule has 0 spiro atoms. The number of fused-ring (bicyclic) bond motifs is 1. The number of carbonyl (C=O) groups is 1. The van der Waals surface area contributed by atoms with Crippen LogP contribution in [0, 0.1) is 0 Å². The highest BCUT2D eigenvalue weighted by Gasteiger charge is 2.54. The molecule has 4 fully saturated rings. The van der Waals surface area contributed by atoms with E-state index < -0.39 is 195 Å². The van der Waals surface area contributed by atoms with E-state index in [0.29, 0.717) is 0 Å². The van der Waals surface area contributed by atoms with E-state index in [1.807, 2.05) is 0 Å². The van der Waals surface area contributed by atoms with Gasteiger partial charge in [-0.3, -0.25) is 4.79 Å². The van der Waals surface area contributed by atoms with Gasteiger partial charge in [0, 0.05) is 23.8 Å². The Kier molecular flexibility index (Phi) is 19.0. The van der Waals surface area contributed by atoms with E-state index in [4.69, 9.17) is 56.5 Å². The summed E-state index contributed by atoms with van der Waals surface area (Å²) in [4.78, 5) is 28.1. The predicted molar refractivity (Wildman–Crippen MR) is 259 cm³/mol. The molecule has 4 aliphatic heterocycles. The van der Waals surface area contributed by atoms with Crippen LogP contribution in [0.3, 0.4) is 0 Å². The summed E-state index contributed by atoms with van der Waals surface area (Å²) in [5.41, 5.74) is -1.45. The van der Waals surface area contributed by atoms with Crippen LogP contribution in [0.25, 0.3) is 28.4 Å². The number of esters is 1. The van der Waals surface area contributed by atoms with Crippen LogP contribution in [0.4, 0.5) is 0 Å². The van der Waals surface area contributed by atoms with E-state index in [-0.39, 0.29) is 34.1 Å². The first kappa shape index (κ1) is 60.0. The van der Waals surface area contributed by atoms with Crippen LogP contribution >= 0.6 is 0 Å². The zero-order valence-electron chi connectivity index (χ0n) is 42.0. The van der Waals surface area contributed by atoms with Gasteiger partial charge in [-0.2, -0.15) is 0 Å². The fraction of sp³-hybridized carbons (Fsp3) is 0.520. The Hall–Kier alpha value is -6.08. The smallest absolute Gasteiger partial charge is 0.331 e. The molecule has 0 bridgehead atoms. The summed E-state index contributed by atoms with van der Waals surface area (Å²) in [7, 11) is 2.54. The van der Waals surface area contributed by atoms with Crippen molar-refractivity contribution in [3.8, 4) is 51.6 Å². The number of aromatic hydroxyl groups is 3. The van der Waals surface area contributed by atoms with Gasteiger partial charge in [-0.05, 0) is 48.0 Å². The van der Waals surface area contributed by atoms with E-state index in [2.05, 4.69) is 0 Å². The zero-order chi connectivity index (χ0) is 58.0. The van der Waals surface area contributed by atoms with Gasteiger partial charge in [0.1, 0.15) is 114 Å². The molecule has 1 aromatic heterocycles. The van der Waals surface area contributed by atoms with Crippen molar-refractivity contribution in [2.45, 2.75) is 123 Å². The lowest BCUT2D eigenvalue weighted by molar-refractivity contribution is -0.358. The molecule has 30 nitrogen and oxygen atoms in total. The Balaban J connectivity index is 1.10. The number of ether oxygens (including phenoxy) is 11. The molecule has 5 heterocycles. The van der Waals surface area contributed by atoms with Crippen LogP contribution in [-0.2, 0) is 38.0 Å². The average molecular weight is 1140 g/mol. The van der Waals surface area contributed by atoms with Gasteiger partial charge in [0.05, 0.1) is 40.6 Å². The third-order valence-corrected chi connectivity index (χ3v) is 13.6. The highest BCUT2D eigenvalue weighted by molar-refractivity contribution is 5.89. The van der Waals surface area contributed by atoms with Gasteiger partial charge in [-0.1, -0.05) is 0 Å². The first-order valence-corrected chi connectivity index (χ1v) is 24.5. The molecule has 20 unspecified atom stereocenters. The fourth-order valence-electron chi connectivity index (χ4n) is 9.23. The van der Waals surface area contributed by atoms with Crippen molar-refractivity contribution in [2.75, 3.05) is 40.6 Å². The Morgan fingerprint density at radius 2 is 1.07 bits per heavy atom. The molecule has 4 saturated heterocycles. The second-order valence-corrected chi connectivity index (χ2v) is 18.7. The van der Waals surface area contributed by atoms with Crippen LogP contribution in [0.5, 0.6) is 40.2 Å². The lowest BCUT2D eigenvalue weighted by Gasteiger charge is -2.46. The lowest BCUT2D eigenvalue weighted by atomic mass is 9.97. The third kappa shape index (κ3) is 12.1. The highest BCUT2D eigenvalue weighted by Crippen LogP contribution is 2.41. The van der Waals surface area contributed by atoms with Crippen molar-refractivity contribution >= 4 is 23.0 Å². The van der Waals surface area contributed by atoms with E-state index in [9.17, 15) is 91.3 Å². The second-order valence-electron chi connectivity index (χ2n) is 18.7. The number of carbonyl (C=O) groups excluding carboxylic acids is 1. The van der Waals surface area contributed by atoms with Crippen LogP contribution in [0.15, 0.2) is 63.8 Å². The summed E-state index contributed by atoms with van der Waals surface area (Å²) < 4.78 is 68.0. The summed E-state index contributed by atoms with van der Waals surface area (Å²) in [6.45, 7) is -3.71. The normalized spacial score (nSPS) is 34.7.